The number of hydrogen-bond donors (Lipinski definition) is 2. The first-order valence-electron chi connectivity index (χ1n) is 4.88. The smallest absolute Gasteiger partial charge is 0.345 e. The third-order valence-electron chi connectivity index (χ3n) is 2.31. The van der Waals surface area contributed by atoms with E-state index in [9.17, 15) is 9.59 Å². The summed E-state index contributed by atoms with van der Waals surface area (Å²) in [5, 5.41) is 11.6. The molecule has 1 atom stereocenters. The summed E-state index contributed by atoms with van der Waals surface area (Å²) in [6, 6.07) is 3.25. The van der Waals surface area contributed by atoms with Crippen LogP contribution in [-0.2, 0) is 0 Å². The van der Waals surface area contributed by atoms with Gasteiger partial charge < -0.3 is 10.4 Å². The number of aromatic carboxylic acids is 1. The molecule has 0 radical (unpaired) electrons. The minimum atomic E-state index is -0.986. The van der Waals surface area contributed by atoms with Crippen LogP contribution in [-0.4, -0.2) is 34.5 Å². The zero-order valence-corrected chi connectivity index (χ0v) is 10.1. The number of carbonyl (C=O) groups is 2. The van der Waals surface area contributed by atoms with Gasteiger partial charge in [0.15, 0.2) is 0 Å². The highest BCUT2D eigenvalue weighted by atomic mass is 32.2. The Morgan fingerprint density at radius 3 is 2.69 bits per heavy atom. The quantitative estimate of drug-likeness (QED) is 0.864. The molecule has 1 amide bonds. The van der Waals surface area contributed by atoms with Gasteiger partial charge in [-0.25, -0.2) is 4.79 Å². The Balaban J connectivity index is 1.99. The van der Waals surface area contributed by atoms with Gasteiger partial charge in [0.1, 0.15) is 4.88 Å². The van der Waals surface area contributed by atoms with E-state index in [-0.39, 0.29) is 16.8 Å². The third kappa shape index (κ3) is 2.56. The Kier molecular flexibility index (Phi) is 3.50. The minimum Gasteiger partial charge on any atom is -0.477 e. The Morgan fingerprint density at radius 1 is 1.38 bits per heavy atom. The van der Waals surface area contributed by atoms with Crippen LogP contribution >= 0.6 is 23.1 Å². The predicted octanol–water partition coefficient (Wildman–Crippen LogP) is 1.68. The van der Waals surface area contributed by atoms with Crippen molar-refractivity contribution in [3.63, 3.8) is 0 Å². The van der Waals surface area contributed by atoms with E-state index in [2.05, 4.69) is 5.32 Å². The van der Waals surface area contributed by atoms with Gasteiger partial charge in [0.05, 0.1) is 4.88 Å². The monoisotopic (exact) mass is 257 g/mol. The molecule has 2 heterocycles. The van der Waals surface area contributed by atoms with Gasteiger partial charge in [-0.3, -0.25) is 4.79 Å². The van der Waals surface area contributed by atoms with Crippen molar-refractivity contribution in [2.75, 3.05) is 11.5 Å². The van der Waals surface area contributed by atoms with E-state index in [0.29, 0.717) is 4.88 Å². The molecule has 1 fully saturated rings. The lowest BCUT2D eigenvalue weighted by Gasteiger charge is -2.09. The molecule has 6 heteroatoms. The van der Waals surface area contributed by atoms with E-state index in [1.807, 2.05) is 11.8 Å². The molecule has 2 N–H and O–H groups in total. The van der Waals surface area contributed by atoms with Crippen LogP contribution in [0.1, 0.15) is 25.8 Å². The summed E-state index contributed by atoms with van der Waals surface area (Å²) in [7, 11) is 0. The number of carboxylic acids is 1. The van der Waals surface area contributed by atoms with E-state index < -0.39 is 5.97 Å². The number of carbonyl (C=O) groups excluding carboxylic acids is 1. The summed E-state index contributed by atoms with van der Waals surface area (Å²) < 4.78 is 0. The molecule has 16 heavy (non-hydrogen) atoms. The minimum absolute atomic E-state index is 0.162. The molecule has 86 valence electrons. The highest BCUT2D eigenvalue weighted by Gasteiger charge is 2.19. The van der Waals surface area contributed by atoms with E-state index in [1.54, 1.807) is 6.07 Å². The highest BCUT2D eigenvalue weighted by molar-refractivity contribution is 7.99. The summed E-state index contributed by atoms with van der Waals surface area (Å²) in [6.45, 7) is 0. The molecule has 1 aliphatic heterocycles. The van der Waals surface area contributed by atoms with Crippen LogP contribution in [0, 0.1) is 0 Å². The standard InChI is InChI=1S/C10H11NO3S2/c12-9(11-6-3-4-15-5-6)7-1-2-8(16-7)10(13)14/h1-2,6H,3-5H2,(H,11,12)(H,13,14). The zero-order valence-electron chi connectivity index (χ0n) is 8.43. The number of amides is 1. The van der Waals surface area contributed by atoms with E-state index in [4.69, 9.17) is 5.11 Å². The molecular formula is C10H11NO3S2. The molecule has 0 aromatic carbocycles. The SMILES string of the molecule is O=C(O)c1ccc(C(=O)NC2CCSC2)s1. The summed E-state index contributed by atoms with van der Waals surface area (Å²) in [6.07, 6.45) is 0.994. The lowest BCUT2D eigenvalue weighted by molar-refractivity contribution is 0.0702. The van der Waals surface area contributed by atoms with Gasteiger partial charge in [0.25, 0.3) is 5.91 Å². The number of carboxylic acid groups (broad SMARTS) is 1. The van der Waals surface area contributed by atoms with Crippen LogP contribution in [0.25, 0.3) is 0 Å². The molecule has 1 saturated heterocycles. The first-order chi connectivity index (χ1) is 7.66. The average molecular weight is 257 g/mol. The normalized spacial score (nSPS) is 19.6. The maximum absolute atomic E-state index is 11.7. The lowest BCUT2D eigenvalue weighted by Crippen LogP contribution is -2.34. The Bertz CT molecular complexity index is 410. The maximum atomic E-state index is 11.7. The van der Waals surface area contributed by atoms with Crippen molar-refractivity contribution in [3.8, 4) is 0 Å². The van der Waals surface area contributed by atoms with Crippen molar-refractivity contribution < 1.29 is 14.7 Å². The second-order valence-corrected chi connectivity index (χ2v) is 5.74. The Hall–Kier alpha value is -1.01. The fraction of sp³-hybridized carbons (Fsp3) is 0.400. The second-order valence-electron chi connectivity index (χ2n) is 3.50. The van der Waals surface area contributed by atoms with Crippen molar-refractivity contribution in [3.05, 3.63) is 21.9 Å². The molecule has 0 spiro atoms. The van der Waals surface area contributed by atoms with E-state index >= 15 is 0 Å². The first kappa shape index (κ1) is 11.5. The molecule has 2 rings (SSSR count). The number of thioether (sulfide) groups is 1. The van der Waals surface area contributed by atoms with Crippen LogP contribution in [0.5, 0.6) is 0 Å². The van der Waals surface area contributed by atoms with Crippen LogP contribution < -0.4 is 5.32 Å². The van der Waals surface area contributed by atoms with Gasteiger partial charge in [-0.15, -0.1) is 11.3 Å². The van der Waals surface area contributed by atoms with Crippen molar-refractivity contribution in [1.29, 1.82) is 0 Å². The second kappa shape index (κ2) is 4.88. The molecule has 0 saturated carbocycles. The number of thiophene rings is 1. The zero-order chi connectivity index (χ0) is 11.5. The average Bonchev–Trinajstić information content (AvgIpc) is 2.86. The molecule has 1 aliphatic rings. The van der Waals surface area contributed by atoms with Crippen LogP contribution in [0.15, 0.2) is 12.1 Å². The number of hydrogen-bond acceptors (Lipinski definition) is 4. The molecule has 1 aromatic heterocycles. The van der Waals surface area contributed by atoms with Gasteiger partial charge in [-0.2, -0.15) is 11.8 Å². The maximum Gasteiger partial charge on any atom is 0.345 e. The third-order valence-corrected chi connectivity index (χ3v) is 4.54. The molecule has 1 unspecified atom stereocenters. The van der Waals surface area contributed by atoms with Gasteiger partial charge in [0, 0.05) is 11.8 Å². The Labute approximate surface area is 101 Å². The van der Waals surface area contributed by atoms with Gasteiger partial charge in [0.2, 0.25) is 0 Å². The molecule has 0 bridgehead atoms. The van der Waals surface area contributed by atoms with Crippen LogP contribution in [0.2, 0.25) is 0 Å². The summed E-state index contributed by atoms with van der Waals surface area (Å²) in [4.78, 5) is 23.1. The lowest BCUT2D eigenvalue weighted by atomic mass is 10.2. The number of nitrogens with one attached hydrogen (secondary N) is 1. The fourth-order valence-corrected chi connectivity index (χ4v) is 3.38. The van der Waals surface area contributed by atoms with Gasteiger partial charge in [-0.05, 0) is 24.3 Å². The van der Waals surface area contributed by atoms with Crippen molar-refractivity contribution >= 4 is 35.0 Å². The van der Waals surface area contributed by atoms with Gasteiger partial charge in [-0.1, -0.05) is 0 Å². The molecule has 4 nitrogen and oxygen atoms in total. The summed E-state index contributed by atoms with van der Waals surface area (Å²) in [5.74, 6) is 0.879. The molecular weight excluding hydrogens is 246 g/mol. The predicted molar refractivity (Wildman–Crippen MR) is 64.5 cm³/mol. The Morgan fingerprint density at radius 2 is 2.12 bits per heavy atom. The van der Waals surface area contributed by atoms with Crippen LogP contribution in [0.3, 0.4) is 0 Å². The topological polar surface area (TPSA) is 66.4 Å². The van der Waals surface area contributed by atoms with Crippen molar-refractivity contribution in [1.82, 2.24) is 5.32 Å². The number of rotatable bonds is 3. The molecule has 1 aromatic rings. The molecule has 0 aliphatic carbocycles. The van der Waals surface area contributed by atoms with Crippen molar-refractivity contribution in [2.24, 2.45) is 0 Å². The van der Waals surface area contributed by atoms with E-state index in [1.165, 1.54) is 6.07 Å². The summed E-state index contributed by atoms with van der Waals surface area (Å²) >= 11 is 2.84. The summed E-state index contributed by atoms with van der Waals surface area (Å²) in [5.41, 5.74) is 0. The highest BCUT2D eigenvalue weighted by Crippen LogP contribution is 2.20. The largest absolute Gasteiger partial charge is 0.477 e. The van der Waals surface area contributed by atoms with Gasteiger partial charge >= 0.3 is 5.97 Å². The van der Waals surface area contributed by atoms with Crippen LogP contribution in [0.4, 0.5) is 0 Å². The fourth-order valence-electron chi connectivity index (χ4n) is 1.48. The van der Waals surface area contributed by atoms with Crippen molar-refractivity contribution in [2.45, 2.75) is 12.5 Å². The van der Waals surface area contributed by atoms with E-state index in [0.717, 1.165) is 29.3 Å². The first-order valence-corrected chi connectivity index (χ1v) is 6.85.